The highest BCUT2D eigenvalue weighted by Crippen LogP contribution is 2.45. The summed E-state index contributed by atoms with van der Waals surface area (Å²) in [7, 11) is 0. The highest BCUT2D eigenvalue weighted by Gasteiger charge is 2.34. The molecule has 0 spiro atoms. The van der Waals surface area contributed by atoms with Gasteiger partial charge in [0, 0.05) is 5.02 Å². The van der Waals surface area contributed by atoms with Crippen LogP contribution in [0, 0.1) is 5.41 Å². The first-order valence-electron chi connectivity index (χ1n) is 5.88. The van der Waals surface area contributed by atoms with Crippen LogP contribution in [0.3, 0.4) is 0 Å². The Hall–Kier alpha value is -1.02. The molecule has 2 nitrogen and oxygen atoms in total. The van der Waals surface area contributed by atoms with E-state index in [1.807, 2.05) is 18.2 Å². The van der Waals surface area contributed by atoms with Crippen molar-refractivity contribution in [1.82, 2.24) is 0 Å². The molecule has 17 heavy (non-hydrogen) atoms. The molecule has 1 unspecified atom stereocenters. The molecule has 0 bridgehead atoms. The van der Waals surface area contributed by atoms with Crippen LogP contribution in [0.1, 0.15) is 43.7 Å². The largest absolute Gasteiger partial charge is 0.481 e. The number of benzene rings is 1. The lowest BCUT2D eigenvalue weighted by atomic mass is 9.68. The number of rotatable bonds is 2. The zero-order valence-corrected chi connectivity index (χ0v) is 10.9. The van der Waals surface area contributed by atoms with Crippen LogP contribution >= 0.6 is 11.6 Å². The van der Waals surface area contributed by atoms with Crippen LogP contribution < -0.4 is 0 Å². The first-order chi connectivity index (χ1) is 7.89. The van der Waals surface area contributed by atoms with Crippen molar-refractivity contribution in [2.45, 2.75) is 39.0 Å². The first kappa shape index (κ1) is 12.4. The molecule has 3 heteroatoms. The molecule has 1 atom stereocenters. The fourth-order valence-corrected chi connectivity index (χ4v) is 3.11. The van der Waals surface area contributed by atoms with Crippen molar-refractivity contribution >= 4 is 17.6 Å². The van der Waals surface area contributed by atoms with Crippen molar-refractivity contribution in [2.75, 3.05) is 0 Å². The Morgan fingerprint density at radius 1 is 1.53 bits per heavy atom. The minimum absolute atomic E-state index is 0.0879. The molecule has 1 aromatic rings. The summed E-state index contributed by atoms with van der Waals surface area (Å²) in [5.41, 5.74) is 2.38. The van der Waals surface area contributed by atoms with E-state index in [0.717, 1.165) is 29.0 Å². The number of hydrogen-bond acceptors (Lipinski definition) is 1. The molecular weight excluding hydrogens is 236 g/mol. The average molecular weight is 253 g/mol. The van der Waals surface area contributed by atoms with Gasteiger partial charge in [-0.25, -0.2) is 0 Å². The number of aliphatic carboxylic acids is 1. The Morgan fingerprint density at radius 2 is 2.24 bits per heavy atom. The van der Waals surface area contributed by atoms with E-state index in [1.54, 1.807) is 0 Å². The van der Waals surface area contributed by atoms with Crippen molar-refractivity contribution < 1.29 is 9.90 Å². The van der Waals surface area contributed by atoms with Gasteiger partial charge in [-0.15, -0.1) is 0 Å². The van der Waals surface area contributed by atoms with E-state index < -0.39 is 5.97 Å². The van der Waals surface area contributed by atoms with Gasteiger partial charge in [-0.2, -0.15) is 0 Å². The molecule has 2 rings (SSSR count). The maximum Gasteiger partial charge on any atom is 0.303 e. The van der Waals surface area contributed by atoms with E-state index in [4.69, 9.17) is 16.7 Å². The van der Waals surface area contributed by atoms with Crippen LogP contribution in [0.15, 0.2) is 18.2 Å². The molecular formula is C14H17ClO2. The van der Waals surface area contributed by atoms with Crippen molar-refractivity contribution in [2.24, 2.45) is 5.41 Å². The predicted octanol–water partition coefficient (Wildman–Crippen LogP) is 3.87. The molecule has 1 N–H and O–H groups in total. The van der Waals surface area contributed by atoms with E-state index in [2.05, 4.69) is 13.8 Å². The quantitative estimate of drug-likeness (QED) is 0.868. The zero-order chi connectivity index (χ0) is 12.6. The Bertz CT molecular complexity index is 452. The molecule has 0 saturated carbocycles. The first-order valence-corrected chi connectivity index (χ1v) is 6.26. The summed E-state index contributed by atoms with van der Waals surface area (Å²) in [5, 5.41) is 9.77. The van der Waals surface area contributed by atoms with E-state index in [1.165, 1.54) is 0 Å². The normalized spacial score (nSPS) is 21.9. The van der Waals surface area contributed by atoms with Crippen LogP contribution in [-0.2, 0) is 11.2 Å². The molecule has 1 aliphatic carbocycles. The van der Waals surface area contributed by atoms with E-state index in [9.17, 15) is 4.79 Å². The number of carbonyl (C=O) groups is 1. The van der Waals surface area contributed by atoms with Crippen molar-refractivity contribution in [1.29, 1.82) is 0 Å². The fourth-order valence-electron chi connectivity index (χ4n) is 2.86. The van der Waals surface area contributed by atoms with Gasteiger partial charge in [-0.1, -0.05) is 37.6 Å². The van der Waals surface area contributed by atoms with E-state index in [0.29, 0.717) is 0 Å². The lowest BCUT2D eigenvalue weighted by Gasteiger charge is -2.37. The molecule has 0 aromatic heterocycles. The number of carboxylic acids is 1. The van der Waals surface area contributed by atoms with Gasteiger partial charge in [-0.05, 0) is 41.4 Å². The van der Waals surface area contributed by atoms with Crippen molar-refractivity contribution in [3.8, 4) is 0 Å². The second kappa shape index (κ2) is 4.34. The minimum Gasteiger partial charge on any atom is -0.481 e. The lowest BCUT2D eigenvalue weighted by Crippen LogP contribution is -2.27. The van der Waals surface area contributed by atoms with Crippen LogP contribution in [0.5, 0.6) is 0 Å². The van der Waals surface area contributed by atoms with Crippen LogP contribution in [0.4, 0.5) is 0 Å². The lowest BCUT2D eigenvalue weighted by molar-refractivity contribution is -0.137. The average Bonchev–Trinajstić information content (AvgIpc) is 2.17. The summed E-state index contributed by atoms with van der Waals surface area (Å²) in [6.45, 7) is 4.35. The Balaban J connectivity index is 2.43. The molecule has 0 radical (unpaired) electrons. The number of halogens is 1. The Kier molecular flexibility index (Phi) is 3.17. The standard InChI is InChI=1S/C14H17ClO2/c1-14(2)7-9(6-13(16)17)10-4-3-5-12(15)11(10)8-14/h3-5,9H,6-8H2,1-2H3,(H,16,17). The molecule has 92 valence electrons. The van der Waals surface area contributed by atoms with Gasteiger partial charge in [0.2, 0.25) is 0 Å². The highest BCUT2D eigenvalue weighted by atomic mass is 35.5. The number of hydrogen-bond donors (Lipinski definition) is 1. The molecule has 0 heterocycles. The van der Waals surface area contributed by atoms with Gasteiger partial charge in [-0.3, -0.25) is 4.79 Å². The minimum atomic E-state index is -0.737. The fraction of sp³-hybridized carbons (Fsp3) is 0.500. The Morgan fingerprint density at radius 3 is 2.88 bits per heavy atom. The van der Waals surface area contributed by atoms with Gasteiger partial charge < -0.3 is 5.11 Å². The Labute approximate surface area is 107 Å². The van der Waals surface area contributed by atoms with Crippen LogP contribution in [0.2, 0.25) is 5.02 Å². The molecule has 0 amide bonds. The van der Waals surface area contributed by atoms with E-state index >= 15 is 0 Å². The summed E-state index contributed by atoms with van der Waals surface area (Å²) in [5.74, 6) is -0.649. The molecule has 0 aliphatic heterocycles. The maximum atomic E-state index is 10.9. The summed E-state index contributed by atoms with van der Waals surface area (Å²) in [6.07, 6.45) is 2.03. The summed E-state index contributed by atoms with van der Waals surface area (Å²) in [6, 6.07) is 5.82. The van der Waals surface area contributed by atoms with Crippen LogP contribution in [0.25, 0.3) is 0 Å². The van der Waals surface area contributed by atoms with Gasteiger partial charge in [0.05, 0.1) is 6.42 Å². The monoisotopic (exact) mass is 252 g/mol. The molecule has 1 aliphatic rings. The number of carboxylic acid groups (broad SMARTS) is 1. The summed E-state index contributed by atoms with van der Waals surface area (Å²) in [4.78, 5) is 10.9. The molecule has 1 aromatic carbocycles. The molecule has 0 fully saturated rings. The van der Waals surface area contributed by atoms with Gasteiger partial charge >= 0.3 is 5.97 Å². The van der Waals surface area contributed by atoms with Crippen molar-refractivity contribution in [3.63, 3.8) is 0 Å². The highest BCUT2D eigenvalue weighted by molar-refractivity contribution is 6.31. The second-order valence-corrected chi connectivity index (χ2v) is 6.05. The zero-order valence-electron chi connectivity index (χ0n) is 10.2. The maximum absolute atomic E-state index is 10.9. The summed E-state index contributed by atoms with van der Waals surface area (Å²) < 4.78 is 0. The van der Waals surface area contributed by atoms with Crippen LogP contribution in [-0.4, -0.2) is 11.1 Å². The SMILES string of the molecule is CC1(C)Cc2c(Cl)cccc2C(CC(=O)O)C1. The van der Waals surface area contributed by atoms with Gasteiger partial charge in [0.25, 0.3) is 0 Å². The summed E-state index contributed by atoms with van der Waals surface area (Å²) >= 11 is 6.22. The second-order valence-electron chi connectivity index (χ2n) is 5.65. The van der Waals surface area contributed by atoms with Crippen molar-refractivity contribution in [3.05, 3.63) is 34.3 Å². The smallest absolute Gasteiger partial charge is 0.303 e. The predicted molar refractivity (Wildman–Crippen MR) is 68.5 cm³/mol. The third-order valence-corrected chi connectivity index (χ3v) is 3.82. The van der Waals surface area contributed by atoms with Gasteiger partial charge in [0.15, 0.2) is 0 Å². The molecule has 0 saturated heterocycles. The number of fused-ring (bicyclic) bond motifs is 1. The topological polar surface area (TPSA) is 37.3 Å². The third kappa shape index (κ3) is 2.63. The van der Waals surface area contributed by atoms with E-state index in [-0.39, 0.29) is 17.8 Å². The van der Waals surface area contributed by atoms with Gasteiger partial charge in [0.1, 0.15) is 0 Å². The third-order valence-electron chi connectivity index (χ3n) is 3.47.